The minimum atomic E-state index is 0.203. The van der Waals surface area contributed by atoms with Crippen LogP contribution in [-0.2, 0) is 13.1 Å². The molecule has 1 N–H and O–H groups in total. The largest absolute Gasteiger partial charge is 0.300 e. The van der Waals surface area contributed by atoms with Crippen LogP contribution in [0.5, 0.6) is 0 Å². The normalized spacial score (nSPS) is 16.7. The minimum Gasteiger partial charge on any atom is -0.300 e. The second-order valence-corrected chi connectivity index (χ2v) is 5.34. The molecule has 0 fully saturated rings. The monoisotopic (exact) mass is 204 g/mol. The highest BCUT2D eigenvalue weighted by Crippen LogP contribution is 2.21. The zero-order valence-electron chi connectivity index (χ0n) is 9.88. The van der Waals surface area contributed by atoms with Crippen LogP contribution in [0.25, 0.3) is 0 Å². The molecule has 0 unspecified atom stereocenters. The Labute approximate surface area is 92.3 Å². The van der Waals surface area contributed by atoms with Crippen LogP contribution in [-0.4, -0.2) is 17.1 Å². The van der Waals surface area contributed by atoms with Crippen LogP contribution in [0.15, 0.2) is 24.3 Å². The number of hydrogen-bond donors (Lipinski definition) is 1. The molecule has 15 heavy (non-hydrogen) atoms. The Bertz CT molecular complexity index is 314. The SMILES string of the molecule is CC(C)(C)NCN1Cc2ccccc2C1. The van der Waals surface area contributed by atoms with Gasteiger partial charge in [-0.2, -0.15) is 0 Å². The lowest BCUT2D eigenvalue weighted by atomic mass is 10.1. The van der Waals surface area contributed by atoms with Crippen molar-refractivity contribution >= 4 is 0 Å². The number of hydrogen-bond acceptors (Lipinski definition) is 2. The lowest BCUT2D eigenvalue weighted by molar-refractivity contribution is 0.226. The number of nitrogens with one attached hydrogen (secondary N) is 1. The average molecular weight is 204 g/mol. The van der Waals surface area contributed by atoms with Gasteiger partial charge in [0.05, 0.1) is 0 Å². The van der Waals surface area contributed by atoms with E-state index in [9.17, 15) is 0 Å². The summed E-state index contributed by atoms with van der Waals surface area (Å²) >= 11 is 0. The van der Waals surface area contributed by atoms with Gasteiger partial charge in [-0.25, -0.2) is 0 Å². The maximum Gasteiger partial charge on any atom is 0.0491 e. The molecule has 1 aliphatic heterocycles. The molecule has 0 saturated heterocycles. The summed E-state index contributed by atoms with van der Waals surface area (Å²) in [5, 5.41) is 3.52. The summed E-state index contributed by atoms with van der Waals surface area (Å²) < 4.78 is 0. The number of fused-ring (bicyclic) bond motifs is 1. The molecule has 0 amide bonds. The van der Waals surface area contributed by atoms with Gasteiger partial charge in [-0.05, 0) is 31.9 Å². The van der Waals surface area contributed by atoms with Gasteiger partial charge in [-0.15, -0.1) is 0 Å². The summed E-state index contributed by atoms with van der Waals surface area (Å²) in [6.07, 6.45) is 0. The fourth-order valence-electron chi connectivity index (χ4n) is 1.86. The van der Waals surface area contributed by atoms with Crippen LogP contribution < -0.4 is 5.32 Å². The van der Waals surface area contributed by atoms with Crippen molar-refractivity contribution in [3.8, 4) is 0 Å². The van der Waals surface area contributed by atoms with Crippen LogP contribution in [0.3, 0.4) is 0 Å². The average Bonchev–Trinajstić information content (AvgIpc) is 2.56. The molecule has 0 atom stereocenters. The van der Waals surface area contributed by atoms with Crippen LogP contribution >= 0.6 is 0 Å². The summed E-state index contributed by atoms with van der Waals surface area (Å²) in [7, 11) is 0. The fraction of sp³-hybridized carbons (Fsp3) is 0.538. The Morgan fingerprint density at radius 2 is 1.67 bits per heavy atom. The number of nitrogens with zero attached hydrogens (tertiary/aromatic N) is 1. The molecule has 1 aliphatic rings. The Kier molecular flexibility index (Phi) is 2.81. The third-order valence-corrected chi connectivity index (χ3v) is 2.74. The van der Waals surface area contributed by atoms with E-state index in [1.54, 1.807) is 0 Å². The highest BCUT2D eigenvalue weighted by Gasteiger charge is 2.19. The molecule has 1 aromatic carbocycles. The van der Waals surface area contributed by atoms with E-state index in [4.69, 9.17) is 0 Å². The van der Waals surface area contributed by atoms with Gasteiger partial charge < -0.3 is 0 Å². The lowest BCUT2D eigenvalue weighted by Crippen LogP contribution is -2.42. The molecule has 1 aromatic rings. The smallest absolute Gasteiger partial charge is 0.0491 e. The summed E-state index contributed by atoms with van der Waals surface area (Å²) in [6.45, 7) is 9.75. The van der Waals surface area contributed by atoms with Crippen molar-refractivity contribution in [2.45, 2.75) is 39.4 Å². The van der Waals surface area contributed by atoms with Crippen molar-refractivity contribution in [3.63, 3.8) is 0 Å². The van der Waals surface area contributed by atoms with Gasteiger partial charge in [0.15, 0.2) is 0 Å². The van der Waals surface area contributed by atoms with E-state index in [0.717, 1.165) is 19.8 Å². The molecule has 0 bridgehead atoms. The van der Waals surface area contributed by atoms with Gasteiger partial charge in [-0.3, -0.25) is 10.2 Å². The molecular weight excluding hydrogens is 184 g/mol. The molecule has 2 rings (SSSR count). The third kappa shape index (κ3) is 2.80. The minimum absolute atomic E-state index is 0.203. The molecule has 0 aliphatic carbocycles. The molecular formula is C13H20N2. The van der Waals surface area contributed by atoms with E-state index < -0.39 is 0 Å². The van der Waals surface area contributed by atoms with Crippen LogP contribution in [0.2, 0.25) is 0 Å². The van der Waals surface area contributed by atoms with E-state index in [1.165, 1.54) is 11.1 Å². The predicted octanol–water partition coefficient (Wildman–Crippen LogP) is 2.35. The number of rotatable bonds is 2. The molecule has 0 radical (unpaired) electrons. The van der Waals surface area contributed by atoms with E-state index >= 15 is 0 Å². The first-order valence-electron chi connectivity index (χ1n) is 5.59. The molecule has 2 nitrogen and oxygen atoms in total. The predicted molar refractivity (Wildman–Crippen MR) is 63.4 cm³/mol. The highest BCUT2D eigenvalue weighted by molar-refractivity contribution is 5.30. The Balaban J connectivity index is 1.91. The maximum atomic E-state index is 3.52. The van der Waals surface area contributed by atoms with Crippen molar-refractivity contribution in [1.82, 2.24) is 10.2 Å². The van der Waals surface area contributed by atoms with E-state index in [-0.39, 0.29) is 5.54 Å². The topological polar surface area (TPSA) is 15.3 Å². The van der Waals surface area contributed by atoms with Gasteiger partial charge >= 0.3 is 0 Å². The summed E-state index contributed by atoms with van der Waals surface area (Å²) in [5.41, 5.74) is 3.16. The maximum absolute atomic E-state index is 3.52. The van der Waals surface area contributed by atoms with Crippen molar-refractivity contribution in [2.24, 2.45) is 0 Å². The van der Waals surface area contributed by atoms with E-state index in [1.807, 2.05) is 0 Å². The molecule has 2 heteroatoms. The molecule has 0 saturated carbocycles. The quantitative estimate of drug-likeness (QED) is 0.795. The second-order valence-electron chi connectivity index (χ2n) is 5.34. The molecule has 82 valence electrons. The Hall–Kier alpha value is -0.860. The van der Waals surface area contributed by atoms with Gasteiger partial charge in [-0.1, -0.05) is 24.3 Å². The molecule has 0 aromatic heterocycles. The third-order valence-electron chi connectivity index (χ3n) is 2.74. The van der Waals surface area contributed by atoms with E-state index in [2.05, 4.69) is 55.3 Å². The van der Waals surface area contributed by atoms with Crippen molar-refractivity contribution in [1.29, 1.82) is 0 Å². The molecule has 0 spiro atoms. The van der Waals surface area contributed by atoms with E-state index in [0.29, 0.717) is 0 Å². The Morgan fingerprint density at radius 3 is 2.13 bits per heavy atom. The van der Waals surface area contributed by atoms with Crippen molar-refractivity contribution in [3.05, 3.63) is 35.4 Å². The van der Waals surface area contributed by atoms with Crippen LogP contribution in [0.1, 0.15) is 31.9 Å². The second kappa shape index (κ2) is 3.95. The fourth-order valence-corrected chi connectivity index (χ4v) is 1.86. The van der Waals surface area contributed by atoms with Crippen LogP contribution in [0.4, 0.5) is 0 Å². The summed E-state index contributed by atoms with van der Waals surface area (Å²) in [6, 6.07) is 8.71. The lowest BCUT2D eigenvalue weighted by Gasteiger charge is -2.25. The van der Waals surface area contributed by atoms with Gasteiger partial charge in [0.25, 0.3) is 0 Å². The highest BCUT2D eigenvalue weighted by atomic mass is 15.2. The zero-order chi connectivity index (χ0) is 10.9. The standard InChI is InChI=1S/C13H20N2/c1-13(2,3)14-10-15-8-11-6-4-5-7-12(11)9-15/h4-7,14H,8-10H2,1-3H3. The van der Waals surface area contributed by atoms with Gasteiger partial charge in [0.1, 0.15) is 0 Å². The van der Waals surface area contributed by atoms with Gasteiger partial charge in [0, 0.05) is 25.3 Å². The van der Waals surface area contributed by atoms with Gasteiger partial charge in [0.2, 0.25) is 0 Å². The molecule has 1 heterocycles. The van der Waals surface area contributed by atoms with Crippen molar-refractivity contribution in [2.75, 3.05) is 6.67 Å². The van der Waals surface area contributed by atoms with Crippen LogP contribution in [0, 0.1) is 0 Å². The zero-order valence-corrected chi connectivity index (χ0v) is 9.88. The first kappa shape index (κ1) is 10.7. The first-order valence-corrected chi connectivity index (χ1v) is 5.59. The number of benzene rings is 1. The van der Waals surface area contributed by atoms with Crippen molar-refractivity contribution < 1.29 is 0 Å². The summed E-state index contributed by atoms with van der Waals surface area (Å²) in [4.78, 5) is 2.44. The first-order chi connectivity index (χ1) is 7.04. The Morgan fingerprint density at radius 1 is 1.13 bits per heavy atom. The summed E-state index contributed by atoms with van der Waals surface area (Å²) in [5.74, 6) is 0.